The van der Waals surface area contributed by atoms with Gasteiger partial charge in [0.2, 0.25) is 11.8 Å². The van der Waals surface area contributed by atoms with Gasteiger partial charge in [0.1, 0.15) is 6.20 Å². The Labute approximate surface area is 97.6 Å². The molecule has 1 aromatic rings. The summed E-state index contributed by atoms with van der Waals surface area (Å²) in [6.07, 6.45) is 1.22. The SMILES string of the molecule is CC1CN(c2ncc([N+](=O)[O-])c(N)n2)CCO1. The molecule has 0 radical (unpaired) electrons. The van der Waals surface area contributed by atoms with Gasteiger partial charge < -0.3 is 15.4 Å². The Morgan fingerprint density at radius 2 is 2.47 bits per heavy atom. The van der Waals surface area contributed by atoms with E-state index in [1.165, 1.54) is 0 Å². The fourth-order valence-electron chi connectivity index (χ4n) is 1.67. The molecule has 8 heteroatoms. The van der Waals surface area contributed by atoms with Crippen LogP contribution in [0.4, 0.5) is 17.5 Å². The number of morpholine rings is 1. The van der Waals surface area contributed by atoms with Gasteiger partial charge in [-0.2, -0.15) is 4.98 Å². The van der Waals surface area contributed by atoms with Crippen molar-refractivity contribution in [2.24, 2.45) is 0 Å². The second kappa shape index (κ2) is 4.50. The van der Waals surface area contributed by atoms with Crippen molar-refractivity contribution < 1.29 is 9.66 Å². The molecule has 17 heavy (non-hydrogen) atoms. The van der Waals surface area contributed by atoms with Crippen LogP contribution in [0.25, 0.3) is 0 Å². The van der Waals surface area contributed by atoms with Gasteiger partial charge in [0, 0.05) is 13.1 Å². The molecule has 2 N–H and O–H groups in total. The minimum Gasteiger partial charge on any atom is -0.378 e. The van der Waals surface area contributed by atoms with Gasteiger partial charge in [-0.1, -0.05) is 0 Å². The zero-order chi connectivity index (χ0) is 12.4. The van der Waals surface area contributed by atoms with Crippen LogP contribution in [-0.4, -0.2) is 40.7 Å². The summed E-state index contributed by atoms with van der Waals surface area (Å²) in [6.45, 7) is 3.83. The lowest BCUT2D eigenvalue weighted by atomic mass is 10.3. The van der Waals surface area contributed by atoms with Crippen molar-refractivity contribution in [1.29, 1.82) is 0 Å². The third-order valence-electron chi connectivity index (χ3n) is 2.51. The number of hydrogen-bond acceptors (Lipinski definition) is 7. The van der Waals surface area contributed by atoms with Crippen molar-refractivity contribution in [3.8, 4) is 0 Å². The average molecular weight is 239 g/mol. The van der Waals surface area contributed by atoms with Crippen molar-refractivity contribution >= 4 is 17.5 Å². The molecule has 0 aliphatic carbocycles. The van der Waals surface area contributed by atoms with Crippen LogP contribution < -0.4 is 10.6 Å². The molecule has 1 fully saturated rings. The first-order valence-electron chi connectivity index (χ1n) is 5.21. The first kappa shape index (κ1) is 11.5. The van der Waals surface area contributed by atoms with Gasteiger partial charge in [-0.05, 0) is 6.92 Å². The highest BCUT2D eigenvalue weighted by molar-refractivity contribution is 5.53. The van der Waals surface area contributed by atoms with E-state index in [2.05, 4.69) is 9.97 Å². The topological polar surface area (TPSA) is 107 Å². The smallest absolute Gasteiger partial charge is 0.329 e. The van der Waals surface area contributed by atoms with E-state index in [1.54, 1.807) is 0 Å². The summed E-state index contributed by atoms with van der Waals surface area (Å²) in [5.74, 6) is 0.294. The second-order valence-corrected chi connectivity index (χ2v) is 3.83. The second-order valence-electron chi connectivity index (χ2n) is 3.83. The molecule has 1 saturated heterocycles. The molecule has 2 rings (SSSR count). The molecule has 92 valence electrons. The van der Waals surface area contributed by atoms with Crippen LogP contribution in [0.1, 0.15) is 6.92 Å². The van der Waals surface area contributed by atoms with E-state index in [1.807, 2.05) is 11.8 Å². The number of aromatic nitrogens is 2. The Bertz CT molecular complexity index is 439. The Morgan fingerprint density at radius 1 is 1.71 bits per heavy atom. The van der Waals surface area contributed by atoms with Crippen LogP contribution >= 0.6 is 0 Å². The van der Waals surface area contributed by atoms with Crippen molar-refractivity contribution in [2.45, 2.75) is 13.0 Å². The summed E-state index contributed by atoms with van der Waals surface area (Å²) in [5, 5.41) is 10.6. The normalized spacial score (nSPS) is 20.3. The van der Waals surface area contributed by atoms with Gasteiger partial charge in [0.15, 0.2) is 0 Å². The van der Waals surface area contributed by atoms with E-state index < -0.39 is 4.92 Å². The minimum atomic E-state index is -0.596. The summed E-state index contributed by atoms with van der Waals surface area (Å²) < 4.78 is 5.39. The Balaban J connectivity index is 2.22. The molecule has 0 spiro atoms. The largest absolute Gasteiger partial charge is 0.378 e. The molecule has 1 aliphatic rings. The van der Waals surface area contributed by atoms with Crippen molar-refractivity contribution in [1.82, 2.24) is 9.97 Å². The van der Waals surface area contributed by atoms with Crippen LogP contribution in [0, 0.1) is 10.1 Å². The molecule has 0 aromatic carbocycles. The number of rotatable bonds is 2. The molecule has 1 aliphatic heterocycles. The van der Waals surface area contributed by atoms with Gasteiger partial charge in [-0.25, -0.2) is 4.98 Å². The fourth-order valence-corrected chi connectivity index (χ4v) is 1.67. The van der Waals surface area contributed by atoms with E-state index >= 15 is 0 Å². The standard InChI is InChI=1S/C9H13N5O3/c1-6-5-13(2-3-17-6)9-11-4-7(14(15)16)8(10)12-9/h4,6H,2-3,5H2,1H3,(H2,10,11,12). The maximum Gasteiger partial charge on any atom is 0.329 e. The molecule has 8 nitrogen and oxygen atoms in total. The molecule has 0 bridgehead atoms. The first-order chi connectivity index (χ1) is 8.08. The summed E-state index contributed by atoms with van der Waals surface area (Å²) >= 11 is 0. The van der Waals surface area contributed by atoms with E-state index in [-0.39, 0.29) is 17.6 Å². The van der Waals surface area contributed by atoms with Gasteiger partial charge in [0.05, 0.1) is 17.6 Å². The van der Waals surface area contributed by atoms with Crippen LogP contribution in [0.2, 0.25) is 0 Å². The van der Waals surface area contributed by atoms with Crippen molar-refractivity contribution in [3.05, 3.63) is 16.3 Å². The van der Waals surface area contributed by atoms with Gasteiger partial charge in [0.25, 0.3) is 0 Å². The minimum absolute atomic E-state index is 0.0868. The highest BCUT2D eigenvalue weighted by atomic mass is 16.6. The number of anilines is 2. The van der Waals surface area contributed by atoms with Gasteiger partial charge in [-0.15, -0.1) is 0 Å². The molecule has 1 aromatic heterocycles. The number of nitrogens with zero attached hydrogens (tertiary/aromatic N) is 4. The number of hydrogen-bond donors (Lipinski definition) is 1. The third kappa shape index (κ3) is 2.41. The Morgan fingerprint density at radius 3 is 3.06 bits per heavy atom. The molecular weight excluding hydrogens is 226 g/mol. The molecule has 2 heterocycles. The third-order valence-corrected chi connectivity index (χ3v) is 2.51. The van der Waals surface area contributed by atoms with Crippen LogP contribution in [0.15, 0.2) is 6.20 Å². The predicted octanol–water partition coefficient (Wildman–Crippen LogP) is 0.192. The lowest BCUT2D eigenvalue weighted by Gasteiger charge is -2.30. The number of nitrogen functional groups attached to an aromatic ring is 1. The van der Waals surface area contributed by atoms with Crippen molar-refractivity contribution in [3.63, 3.8) is 0 Å². The lowest BCUT2D eigenvalue weighted by Crippen LogP contribution is -2.42. The highest BCUT2D eigenvalue weighted by Gasteiger charge is 2.21. The number of ether oxygens (including phenoxy) is 1. The van der Waals surface area contributed by atoms with Crippen LogP contribution in [0.3, 0.4) is 0 Å². The number of nitrogens with two attached hydrogens (primary N) is 1. The maximum atomic E-state index is 10.6. The van der Waals surface area contributed by atoms with Crippen LogP contribution in [-0.2, 0) is 4.74 Å². The Kier molecular flexibility index (Phi) is 3.05. The molecule has 0 saturated carbocycles. The molecule has 0 amide bonds. The number of nitro groups is 1. The molecule has 1 unspecified atom stereocenters. The zero-order valence-electron chi connectivity index (χ0n) is 9.37. The van der Waals surface area contributed by atoms with Crippen molar-refractivity contribution in [2.75, 3.05) is 30.3 Å². The average Bonchev–Trinajstić information content (AvgIpc) is 2.28. The van der Waals surface area contributed by atoms with Gasteiger partial charge >= 0.3 is 5.69 Å². The Hall–Kier alpha value is -1.96. The van der Waals surface area contributed by atoms with E-state index in [9.17, 15) is 10.1 Å². The fraction of sp³-hybridized carbons (Fsp3) is 0.556. The highest BCUT2D eigenvalue weighted by Crippen LogP contribution is 2.21. The summed E-state index contributed by atoms with van der Waals surface area (Å²) in [7, 11) is 0. The molecule has 1 atom stereocenters. The lowest BCUT2D eigenvalue weighted by molar-refractivity contribution is -0.384. The van der Waals surface area contributed by atoms with E-state index in [4.69, 9.17) is 10.5 Å². The van der Waals surface area contributed by atoms with Gasteiger partial charge in [-0.3, -0.25) is 10.1 Å². The quantitative estimate of drug-likeness (QED) is 0.579. The molecular formula is C9H13N5O3. The predicted molar refractivity (Wildman–Crippen MR) is 60.7 cm³/mol. The van der Waals surface area contributed by atoms with Crippen LogP contribution in [0.5, 0.6) is 0 Å². The summed E-state index contributed by atoms with van der Waals surface area (Å²) in [5.41, 5.74) is 5.24. The van der Waals surface area contributed by atoms with E-state index in [0.717, 1.165) is 6.20 Å². The van der Waals surface area contributed by atoms with E-state index in [0.29, 0.717) is 25.6 Å². The summed E-state index contributed by atoms with van der Waals surface area (Å²) in [6, 6.07) is 0. The summed E-state index contributed by atoms with van der Waals surface area (Å²) in [4.78, 5) is 19.8. The maximum absolute atomic E-state index is 10.6. The first-order valence-corrected chi connectivity index (χ1v) is 5.21. The zero-order valence-corrected chi connectivity index (χ0v) is 9.37. The monoisotopic (exact) mass is 239 g/mol.